The first-order valence-corrected chi connectivity index (χ1v) is 8.74. The molecule has 24 heavy (non-hydrogen) atoms. The van der Waals surface area contributed by atoms with Crippen LogP contribution in [-0.2, 0) is 5.41 Å². The van der Waals surface area contributed by atoms with Gasteiger partial charge >= 0.3 is 0 Å². The van der Waals surface area contributed by atoms with Gasteiger partial charge in [0.2, 0.25) is 0 Å². The van der Waals surface area contributed by atoms with Crippen molar-refractivity contribution in [1.82, 2.24) is 9.55 Å². The van der Waals surface area contributed by atoms with Crippen LogP contribution in [0, 0.1) is 0 Å². The maximum absolute atomic E-state index is 9.67. The minimum Gasteiger partial charge on any atom is -0.325 e. The molecule has 0 saturated heterocycles. The number of fused-ring (bicyclic) bond motifs is 5. The van der Waals surface area contributed by atoms with Crippen LogP contribution in [0.3, 0.4) is 0 Å². The van der Waals surface area contributed by atoms with Crippen molar-refractivity contribution in [1.29, 1.82) is 0 Å². The molecule has 0 fully saturated rings. The average Bonchev–Trinajstić information content (AvgIpc) is 2.94. The Bertz CT molecular complexity index is 1130. The zero-order chi connectivity index (χ0) is 16.5. The highest BCUT2D eigenvalue weighted by Gasteiger charge is 2.35. The minimum absolute atomic E-state index is 0.127. The summed E-state index contributed by atoms with van der Waals surface area (Å²) in [6.07, 6.45) is 3.76. The van der Waals surface area contributed by atoms with Crippen molar-refractivity contribution >= 4 is 33.8 Å². The summed E-state index contributed by atoms with van der Waals surface area (Å²) in [5, 5.41) is 2.27. The predicted octanol–water partition coefficient (Wildman–Crippen LogP) is 5.38. The highest BCUT2D eigenvalue weighted by Crippen LogP contribution is 2.48. The predicted molar refractivity (Wildman–Crippen MR) is 99.2 cm³/mol. The van der Waals surface area contributed by atoms with E-state index >= 15 is 0 Å². The van der Waals surface area contributed by atoms with Crippen molar-refractivity contribution in [2.75, 3.05) is 0 Å². The lowest BCUT2D eigenvalue weighted by Gasteiger charge is -2.34. The minimum atomic E-state index is -0.127. The standard InChI is InChI=1S/C20H16N2OS/c1-20(2)15-5-3-4-6-18(15)22-17-7-8-21-11-14(17)13-9-12(24-23)10-16(20)19(13)22/h3-11,23H,1-2H3. The summed E-state index contributed by atoms with van der Waals surface area (Å²) >= 11 is 0.807. The zero-order valence-corrected chi connectivity index (χ0v) is 14.3. The first-order chi connectivity index (χ1) is 11.6. The molecule has 0 atom stereocenters. The van der Waals surface area contributed by atoms with Gasteiger partial charge in [-0.05, 0) is 35.4 Å². The van der Waals surface area contributed by atoms with Crippen molar-refractivity contribution in [3.63, 3.8) is 0 Å². The summed E-state index contributed by atoms with van der Waals surface area (Å²) in [6.45, 7) is 4.51. The van der Waals surface area contributed by atoms with Crippen LogP contribution < -0.4 is 0 Å². The smallest absolute Gasteiger partial charge is 0.0583 e. The number of para-hydroxylation sites is 1. The second kappa shape index (κ2) is 4.62. The van der Waals surface area contributed by atoms with Crippen LogP contribution >= 0.6 is 12.0 Å². The van der Waals surface area contributed by atoms with E-state index in [-0.39, 0.29) is 5.41 Å². The molecular formula is C20H16N2OS. The third-order valence-electron chi connectivity index (χ3n) is 5.23. The van der Waals surface area contributed by atoms with Crippen molar-refractivity contribution < 1.29 is 4.55 Å². The van der Waals surface area contributed by atoms with Crippen LogP contribution in [0.4, 0.5) is 0 Å². The van der Waals surface area contributed by atoms with Crippen LogP contribution in [-0.4, -0.2) is 14.1 Å². The Morgan fingerprint density at radius 3 is 2.71 bits per heavy atom. The number of rotatable bonds is 1. The zero-order valence-electron chi connectivity index (χ0n) is 13.4. The van der Waals surface area contributed by atoms with E-state index in [4.69, 9.17) is 0 Å². The Hall–Kier alpha value is -2.30. The van der Waals surface area contributed by atoms with E-state index in [1.807, 2.05) is 12.4 Å². The molecule has 1 aliphatic rings. The lowest BCUT2D eigenvalue weighted by molar-refractivity contribution is 0.627. The van der Waals surface area contributed by atoms with Gasteiger partial charge in [-0.3, -0.25) is 4.98 Å². The van der Waals surface area contributed by atoms with Gasteiger partial charge in [0.05, 0.1) is 16.7 Å². The van der Waals surface area contributed by atoms with Crippen molar-refractivity contribution in [3.8, 4) is 5.69 Å². The third-order valence-corrected chi connectivity index (χ3v) is 5.68. The highest BCUT2D eigenvalue weighted by molar-refractivity contribution is 7.93. The normalized spacial score (nSPS) is 15.0. The maximum atomic E-state index is 9.67. The topological polar surface area (TPSA) is 38.0 Å². The molecule has 0 spiro atoms. The Kier molecular flexibility index (Phi) is 2.71. The van der Waals surface area contributed by atoms with Gasteiger partial charge in [0.15, 0.2) is 0 Å². The third kappa shape index (κ3) is 1.60. The molecule has 0 bridgehead atoms. The number of benzene rings is 2. The van der Waals surface area contributed by atoms with Gasteiger partial charge in [-0.1, -0.05) is 32.0 Å². The summed E-state index contributed by atoms with van der Waals surface area (Å²) in [6, 6.07) is 14.8. The van der Waals surface area contributed by atoms with E-state index < -0.39 is 0 Å². The molecule has 0 unspecified atom stereocenters. The molecular weight excluding hydrogens is 316 g/mol. The second-order valence-corrected chi connectivity index (χ2v) is 7.48. The van der Waals surface area contributed by atoms with Crippen molar-refractivity contribution in [2.24, 2.45) is 0 Å². The van der Waals surface area contributed by atoms with E-state index in [1.165, 1.54) is 22.3 Å². The van der Waals surface area contributed by atoms with Crippen LogP contribution in [0.2, 0.25) is 0 Å². The van der Waals surface area contributed by atoms with E-state index in [9.17, 15) is 4.55 Å². The molecule has 5 rings (SSSR count). The fourth-order valence-electron chi connectivity index (χ4n) is 4.09. The summed E-state index contributed by atoms with van der Waals surface area (Å²) in [5.74, 6) is 0. The Labute approximate surface area is 144 Å². The average molecular weight is 332 g/mol. The highest BCUT2D eigenvalue weighted by atomic mass is 32.2. The van der Waals surface area contributed by atoms with Gasteiger partial charge in [0, 0.05) is 45.5 Å². The van der Waals surface area contributed by atoms with Gasteiger partial charge in [-0.2, -0.15) is 0 Å². The van der Waals surface area contributed by atoms with E-state index in [1.54, 1.807) is 0 Å². The first kappa shape index (κ1) is 14.1. The van der Waals surface area contributed by atoms with E-state index in [0.29, 0.717) is 0 Å². The van der Waals surface area contributed by atoms with Gasteiger partial charge in [0.25, 0.3) is 0 Å². The summed E-state index contributed by atoms with van der Waals surface area (Å²) < 4.78 is 12.0. The fourth-order valence-corrected chi connectivity index (χ4v) is 4.43. The molecule has 0 radical (unpaired) electrons. The molecule has 4 aromatic rings. The van der Waals surface area contributed by atoms with Gasteiger partial charge in [-0.15, -0.1) is 0 Å². The Balaban J connectivity index is 2.12. The molecule has 118 valence electrons. The lowest BCUT2D eigenvalue weighted by Crippen LogP contribution is -2.26. The molecule has 2 aromatic heterocycles. The molecule has 1 aliphatic heterocycles. The number of hydrogen-bond donors (Lipinski definition) is 1. The van der Waals surface area contributed by atoms with Crippen molar-refractivity contribution in [3.05, 3.63) is 66.0 Å². The first-order valence-electron chi connectivity index (χ1n) is 7.97. The SMILES string of the molecule is CC1(C)c2ccccc2-n2c3ccncc3c3cc(SO)cc1c32. The molecule has 3 nitrogen and oxygen atoms in total. The maximum Gasteiger partial charge on any atom is 0.0583 e. The Morgan fingerprint density at radius 1 is 1.04 bits per heavy atom. The number of aromatic nitrogens is 2. The molecule has 4 heteroatoms. The summed E-state index contributed by atoms with van der Waals surface area (Å²) in [4.78, 5) is 5.19. The number of pyridine rings is 1. The molecule has 1 N–H and O–H groups in total. The number of hydrogen-bond acceptors (Lipinski definition) is 3. The van der Waals surface area contributed by atoms with Crippen LogP contribution in [0.5, 0.6) is 0 Å². The molecule has 0 amide bonds. The van der Waals surface area contributed by atoms with E-state index in [0.717, 1.165) is 33.2 Å². The van der Waals surface area contributed by atoms with Crippen LogP contribution in [0.25, 0.3) is 27.5 Å². The molecule has 0 aliphatic carbocycles. The van der Waals surface area contributed by atoms with Crippen LogP contribution in [0.15, 0.2) is 59.8 Å². The summed E-state index contributed by atoms with van der Waals surface area (Å²) in [7, 11) is 0. The molecule has 2 aromatic carbocycles. The van der Waals surface area contributed by atoms with Gasteiger partial charge in [-0.25, -0.2) is 0 Å². The largest absolute Gasteiger partial charge is 0.325 e. The van der Waals surface area contributed by atoms with Crippen LogP contribution in [0.1, 0.15) is 25.0 Å². The van der Waals surface area contributed by atoms with Gasteiger partial charge in [0.1, 0.15) is 0 Å². The monoisotopic (exact) mass is 332 g/mol. The Morgan fingerprint density at radius 2 is 1.88 bits per heavy atom. The fraction of sp³-hybridized carbons (Fsp3) is 0.150. The lowest BCUT2D eigenvalue weighted by atomic mass is 9.75. The molecule has 0 saturated carbocycles. The van der Waals surface area contributed by atoms with Gasteiger partial charge < -0.3 is 9.12 Å². The van der Waals surface area contributed by atoms with Crippen molar-refractivity contribution in [2.45, 2.75) is 24.2 Å². The number of nitrogens with zero attached hydrogens (tertiary/aromatic N) is 2. The summed E-state index contributed by atoms with van der Waals surface area (Å²) in [5.41, 5.74) is 6.02. The van der Waals surface area contributed by atoms with E-state index in [2.05, 4.69) is 65.9 Å². The molecule has 3 heterocycles. The quantitative estimate of drug-likeness (QED) is 0.475. The second-order valence-electron chi connectivity index (χ2n) is 6.83.